The van der Waals surface area contributed by atoms with Crippen molar-refractivity contribution in [1.29, 1.82) is 0 Å². The highest BCUT2D eigenvalue weighted by Crippen LogP contribution is 2.11. The number of hydrogen-bond acceptors (Lipinski definition) is 4. The van der Waals surface area contributed by atoms with E-state index in [-0.39, 0.29) is 11.9 Å². The van der Waals surface area contributed by atoms with Gasteiger partial charge in [0.05, 0.1) is 0 Å². The average Bonchev–Trinajstić information content (AvgIpc) is 2.75. The largest absolute Gasteiger partial charge is 0.382 e. The Hall–Kier alpha value is -1.56. The van der Waals surface area contributed by atoms with Crippen LogP contribution in [0.2, 0.25) is 0 Å². The van der Waals surface area contributed by atoms with Crippen molar-refractivity contribution in [2.24, 2.45) is 0 Å². The Labute approximate surface area is 94.4 Å². The van der Waals surface area contributed by atoms with Crippen molar-refractivity contribution in [3.63, 3.8) is 0 Å². The fourth-order valence-electron chi connectivity index (χ4n) is 1.83. The SMILES string of the molecule is CC(C(=O)N1CCNCC1)n1ccc(N)n1. The molecule has 1 atom stereocenters. The van der Waals surface area contributed by atoms with Crippen molar-refractivity contribution < 1.29 is 4.79 Å². The second-order valence-electron chi connectivity index (χ2n) is 3.97. The van der Waals surface area contributed by atoms with Crippen LogP contribution in [0, 0.1) is 0 Å². The van der Waals surface area contributed by atoms with E-state index in [0.29, 0.717) is 5.82 Å². The third kappa shape index (κ3) is 2.16. The van der Waals surface area contributed by atoms with Crippen LogP contribution >= 0.6 is 0 Å². The van der Waals surface area contributed by atoms with E-state index in [9.17, 15) is 4.79 Å². The first-order chi connectivity index (χ1) is 7.68. The highest BCUT2D eigenvalue weighted by Gasteiger charge is 2.23. The zero-order valence-corrected chi connectivity index (χ0v) is 9.39. The van der Waals surface area contributed by atoms with Crippen molar-refractivity contribution in [3.8, 4) is 0 Å². The van der Waals surface area contributed by atoms with E-state index in [1.54, 1.807) is 16.9 Å². The number of nitrogens with one attached hydrogen (secondary N) is 1. The molecule has 0 bridgehead atoms. The summed E-state index contributed by atoms with van der Waals surface area (Å²) < 4.78 is 1.61. The molecule has 0 radical (unpaired) electrons. The molecule has 1 fully saturated rings. The number of nitrogen functional groups attached to an aromatic ring is 1. The Morgan fingerprint density at radius 3 is 2.81 bits per heavy atom. The number of hydrogen-bond donors (Lipinski definition) is 2. The number of nitrogens with two attached hydrogens (primary N) is 1. The lowest BCUT2D eigenvalue weighted by Gasteiger charge is -2.29. The standard InChI is InChI=1S/C10H17N5O/c1-8(15-5-2-9(11)13-15)10(16)14-6-3-12-4-7-14/h2,5,8,12H,3-4,6-7H2,1H3,(H2,11,13). The van der Waals surface area contributed by atoms with E-state index in [1.165, 1.54) is 0 Å². The van der Waals surface area contributed by atoms with E-state index < -0.39 is 0 Å². The molecule has 0 spiro atoms. The first-order valence-corrected chi connectivity index (χ1v) is 5.48. The van der Waals surface area contributed by atoms with Crippen LogP contribution in [0.3, 0.4) is 0 Å². The van der Waals surface area contributed by atoms with E-state index in [0.717, 1.165) is 26.2 Å². The molecular formula is C10H17N5O. The number of piperazine rings is 1. The first-order valence-electron chi connectivity index (χ1n) is 5.48. The molecule has 1 aromatic rings. The van der Waals surface area contributed by atoms with Gasteiger partial charge in [-0.1, -0.05) is 0 Å². The summed E-state index contributed by atoms with van der Waals surface area (Å²) in [5.74, 6) is 0.546. The maximum atomic E-state index is 12.1. The molecule has 16 heavy (non-hydrogen) atoms. The van der Waals surface area contributed by atoms with E-state index in [4.69, 9.17) is 5.73 Å². The van der Waals surface area contributed by atoms with Crippen LogP contribution < -0.4 is 11.1 Å². The molecule has 88 valence electrons. The van der Waals surface area contributed by atoms with E-state index >= 15 is 0 Å². The molecule has 1 unspecified atom stereocenters. The summed E-state index contributed by atoms with van der Waals surface area (Å²) in [6.45, 7) is 5.09. The lowest BCUT2D eigenvalue weighted by atomic mass is 10.2. The fourth-order valence-corrected chi connectivity index (χ4v) is 1.83. The molecule has 0 aliphatic carbocycles. The number of carbonyl (C=O) groups excluding carboxylic acids is 1. The molecular weight excluding hydrogens is 206 g/mol. The number of nitrogens with zero attached hydrogens (tertiary/aromatic N) is 3. The molecule has 0 saturated carbocycles. The third-order valence-electron chi connectivity index (χ3n) is 2.81. The smallest absolute Gasteiger partial charge is 0.247 e. The molecule has 2 heterocycles. The molecule has 0 aromatic carbocycles. The van der Waals surface area contributed by atoms with Crippen LogP contribution in [0.5, 0.6) is 0 Å². The van der Waals surface area contributed by atoms with Gasteiger partial charge in [0.2, 0.25) is 5.91 Å². The van der Waals surface area contributed by atoms with Gasteiger partial charge in [-0.25, -0.2) is 0 Å². The van der Waals surface area contributed by atoms with Crippen LogP contribution in [0.15, 0.2) is 12.3 Å². The van der Waals surface area contributed by atoms with Crippen molar-refractivity contribution >= 4 is 11.7 Å². The van der Waals surface area contributed by atoms with Crippen molar-refractivity contribution in [3.05, 3.63) is 12.3 Å². The average molecular weight is 223 g/mol. The van der Waals surface area contributed by atoms with Gasteiger partial charge in [-0.15, -0.1) is 0 Å². The van der Waals surface area contributed by atoms with Gasteiger partial charge >= 0.3 is 0 Å². The predicted molar refractivity (Wildman–Crippen MR) is 60.8 cm³/mol. The van der Waals surface area contributed by atoms with Crippen LogP contribution in [0.1, 0.15) is 13.0 Å². The molecule has 2 rings (SSSR count). The Balaban J connectivity index is 2.03. The van der Waals surface area contributed by atoms with Gasteiger partial charge in [-0.3, -0.25) is 9.48 Å². The maximum Gasteiger partial charge on any atom is 0.247 e. The van der Waals surface area contributed by atoms with Gasteiger partial charge in [0.25, 0.3) is 0 Å². The highest BCUT2D eigenvalue weighted by atomic mass is 16.2. The van der Waals surface area contributed by atoms with Crippen molar-refractivity contribution in [2.75, 3.05) is 31.9 Å². The van der Waals surface area contributed by atoms with E-state index in [2.05, 4.69) is 10.4 Å². The lowest BCUT2D eigenvalue weighted by Crippen LogP contribution is -2.48. The van der Waals surface area contributed by atoms with Crippen LogP contribution in [-0.2, 0) is 4.79 Å². The number of amides is 1. The zero-order valence-electron chi connectivity index (χ0n) is 9.39. The van der Waals surface area contributed by atoms with Gasteiger partial charge in [-0.05, 0) is 13.0 Å². The predicted octanol–water partition coefficient (Wildman–Crippen LogP) is -0.542. The summed E-state index contributed by atoms with van der Waals surface area (Å²) in [5, 5.41) is 7.27. The Morgan fingerprint density at radius 2 is 2.25 bits per heavy atom. The maximum absolute atomic E-state index is 12.1. The van der Waals surface area contributed by atoms with Gasteiger partial charge in [0, 0.05) is 32.4 Å². The molecule has 6 nitrogen and oxygen atoms in total. The van der Waals surface area contributed by atoms with Crippen molar-refractivity contribution in [1.82, 2.24) is 20.0 Å². The van der Waals surface area contributed by atoms with Gasteiger partial charge in [-0.2, -0.15) is 5.10 Å². The Kier molecular flexibility index (Phi) is 3.09. The molecule has 6 heteroatoms. The summed E-state index contributed by atoms with van der Waals surface area (Å²) in [7, 11) is 0. The molecule has 1 saturated heterocycles. The Bertz CT molecular complexity index is 369. The minimum absolute atomic E-state index is 0.101. The molecule has 3 N–H and O–H groups in total. The number of carbonyl (C=O) groups is 1. The summed E-state index contributed by atoms with van der Waals surface area (Å²) >= 11 is 0. The summed E-state index contributed by atoms with van der Waals surface area (Å²) in [4.78, 5) is 14.0. The molecule has 1 aliphatic rings. The van der Waals surface area contributed by atoms with E-state index in [1.807, 2.05) is 11.8 Å². The highest BCUT2D eigenvalue weighted by molar-refractivity contribution is 5.80. The van der Waals surface area contributed by atoms with Gasteiger partial charge < -0.3 is 16.0 Å². The minimum atomic E-state index is -0.282. The number of anilines is 1. The first kappa shape index (κ1) is 10.9. The van der Waals surface area contributed by atoms with Crippen LogP contribution in [0.4, 0.5) is 5.82 Å². The summed E-state index contributed by atoms with van der Waals surface area (Å²) in [6.07, 6.45) is 1.74. The normalized spacial score (nSPS) is 18.4. The van der Waals surface area contributed by atoms with Gasteiger partial charge in [0.15, 0.2) is 0 Å². The third-order valence-corrected chi connectivity index (χ3v) is 2.81. The van der Waals surface area contributed by atoms with Gasteiger partial charge in [0.1, 0.15) is 11.9 Å². The topological polar surface area (TPSA) is 76.2 Å². The second kappa shape index (κ2) is 4.52. The molecule has 1 aromatic heterocycles. The summed E-state index contributed by atoms with van der Waals surface area (Å²) in [5.41, 5.74) is 5.53. The molecule has 1 amide bonds. The molecule has 1 aliphatic heterocycles. The number of aromatic nitrogens is 2. The quantitative estimate of drug-likeness (QED) is 0.706. The van der Waals surface area contributed by atoms with Crippen LogP contribution in [0.25, 0.3) is 0 Å². The zero-order chi connectivity index (χ0) is 11.5. The number of rotatable bonds is 2. The lowest BCUT2D eigenvalue weighted by molar-refractivity contribution is -0.135. The monoisotopic (exact) mass is 223 g/mol. The van der Waals surface area contributed by atoms with Crippen LogP contribution in [-0.4, -0.2) is 46.8 Å². The Morgan fingerprint density at radius 1 is 1.56 bits per heavy atom. The second-order valence-corrected chi connectivity index (χ2v) is 3.97. The minimum Gasteiger partial charge on any atom is -0.382 e. The van der Waals surface area contributed by atoms with Crippen molar-refractivity contribution in [2.45, 2.75) is 13.0 Å². The summed E-state index contributed by atoms with van der Waals surface area (Å²) in [6, 6.07) is 1.41. The fraction of sp³-hybridized carbons (Fsp3) is 0.600.